The van der Waals surface area contributed by atoms with E-state index in [0.717, 1.165) is 0 Å². The monoisotopic (exact) mass is 261 g/mol. The lowest BCUT2D eigenvalue weighted by Crippen LogP contribution is -2.28. The van der Waals surface area contributed by atoms with E-state index in [4.69, 9.17) is 10.00 Å². The second-order valence-electron chi connectivity index (χ2n) is 4.02. The summed E-state index contributed by atoms with van der Waals surface area (Å²) in [5.41, 5.74) is 1.09. The van der Waals surface area contributed by atoms with Gasteiger partial charge in [0.15, 0.2) is 0 Å². The van der Waals surface area contributed by atoms with Gasteiger partial charge >= 0.3 is 0 Å². The molecule has 1 N–H and O–H groups in total. The zero-order valence-corrected chi connectivity index (χ0v) is 10.8. The van der Waals surface area contributed by atoms with E-state index in [1.165, 1.54) is 4.90 Å². The Morgan fingerprint density at radius 2 is 1.89 bits per heavy atom. The minimum Gasteiger partial charge on any atom is -0.362 e. The van der Waals surface area contributed by atoms with Crippen molar-refractivity contribution in [3.63, 3.8) is 0 Å². The molecular weight excluding hydrogens is 246 g/mol. The average Bonchev–Trinajstić information content (AvgIpc) is 2.39. The minimum atomic E-state index is -0.351. The Kier molecular flexibility index (Phi) is 5.51. The summed E-state index contributed by atoms with van der Waals surface area (Å²) in [5.74, 6) is -0.553. The van der Waals surface area contributed by atoms with Gasteiger partial charge in [-0.15, -0.1) is 0 Å². The highest BCUT2D eigenvalue weighted by molar-refractivity contribution is 5.91. The van der Waals surface area contributed by atoms with E-state index in [2.05, 4.69) is 5.32 Å². The molecule has 100 valence electrons. The summed E-state index contributed by atoms with van der Waals surface area (Å²) in [6.45, 7) is -0.326. The number of carbonyl (C=O) groups is 2. The van der Waals surface area contributed by atoms with Gasteiger partial charge in [-0.1, -0.05) is 0 Å². The van der Waals surface area contributed by atoms with Crippen molar-refractivity contribution in [1.29, 1.82) is 5.26 Å². The zero-order valence-electron chi connectivity index (χ0n) is 10.8. The summed E-state index contributed by atoms with van der Waals surface area (Å²) in [6.07, 6.45) is 0. The molecule has 2 amide bonds. The fourth-order valence-corrected chi connectivity index (χ4v) is 1.19. The van der Waals surface area contributed by atoms with Crippen molar-refractivity contribution in [3.05, 3.63) is 29.8 Å². The first-order chi connectivity index (χ1) is 9.02. The lowest BCUT2D eigenvalue weighted by atomic mass is 10.2. The SMILES string of the molecule is CN(C)C(=O)COCC(=O)Nc1ccc(C#N)cc1. The van der Waals surface area contributed by atoms with Gasteiger partial charge in [0.1, 0.15) is 13.2 Å². The van der Waals surface area contributed by atoms with Crippen molar-refractivity contribution < 1.29 is 14.3 Å². The third kappa shape index (κ3) is 5.19. The second-order valence-corrected chi connectivity index (χ2v) is 4.02. The van der Waals surface area contributed by atoms with Crippen LogP contribution in [0.25, 0.3) is 0 Å². The zero-order chi connectivity index (χ0) is 14.3. The highest BCUT2D eigenvalue weighted by Crippen LogP contribution is 2.08. The molecule has 0 saturated heterocycles. The predicted molar refractivity (Wildman–Crippen MR) is 69.3 cm³/mol. The molecule has 0 aliphatic carbocycles. The Bertz CT molecular complexity index is 489. The fraction of sp³-hybridized carbons (Fsp3) is 0.308. The van der Waals surface area contributed by atoms with Crippen LogP contribution in [0.1, 0.15) is 5.56 Å². The molecule has 0 aliphatic rings. The molecular formula is C13H15N3O3. The van der Waals surface area contributed by atoms with Crippen LogP contribution < -0.4 is 5.32 Å². The van der Waals surface area contributed by atoms with Crippen LogP contribution in [0, 0.1) is 11.3 Å². The van der Waals surface area contributed by atoms with E-state index >= 15 is 0 Å². The Labute approximate surface area is 111 Å². The number of benzene rings is 1. The first kappa shape index (κ1) is 14.7. The number of nitrogens with zero attached hydrogens (tertiary/aromatic N) is 2. The Hall–Kier alpha value is -2.39. The summed E-state index contributed by atoms with van der Waals surface area (Å²) in [7, 11) is 3.23. The quantitative estimate of drug-likeness (QED) is 0.841. The molecule has 0 bridgehead atoms. The minimum absolute atomic E-state index is 0.131. The molecule has 0 fully saturated rings. The molecule has 0 saturated carbocycles. The van der Waals surface area contributed by atoms with E-state index in [1.54, 1.807) is 38.4 Å². The summed E-state index contributed by atoms with van der Waals surface area (Å²) in [6, 6.07) is 8.44. The van der Waals surface area contributed by atoms with Gasteiger partial charge in [-0.2, -0.15) is 5.26 Å². The van der Waals surface area contributed by atoms with Crippen LogP contribution in [0.4, 0.5) is 5.69 Å². The van der Waals surface area contributed by atoms with Crippen LogP contribution in [0.5, 0.6) is 0 Å². The second kappa shape index (κ2) is 7.13. The van der Waals surface area contributed by atoms with Crippen LogP contribution in [-0.4, -0.2) is 44.0 Å². The number of hydrogen-bond donors (Lipinski definition) is 1. The number of nitriles is 1. The average molecular weight is 261 g/mol. The normalized spacial score (nSPS) is 9.53. The lowest BCUT2D eigenvalue weighted by Gasteiger charge is -2.10. The summed E-state index contributed by atoms with van der Waals surface area (Å²) < 4.78 is 4.98. The summed E-state index contributed by atoms with van der Waals surface area (Å²) in [5, 5.41) is 11.2. The molecule has 0 spiro atoms. The molecule has 0 atom stereocenters. The highest BCUT2D eigenvalue weighted by Gasteiger charge is 2.07. The molecule has 1 aromatic carbocycles. The van der Waals surface area contributed by atoms with Gasteiger partial charge in [0.05, 0.1) is 11.6 Å². The Balaban J connectivity index is 2.35. The summed E-state index contributed by atoms with van der Waals surface area (Å²) >= 11 is 0. The number of ether oxygens (including phenoxy) is 1. The highest BCUT2D eigenvalue weighted by atomic mass is 16.5. The van der Waals surface area contributed by atoms with Crippen molar-refractivity contribution >= 4 is 17.5 Å². The fourth-order valence-electron chi connectivity index (χ4n) is 1.19. The predicted octanol–water partition coefficient (Wildman–Crippen LogP) is 0.602. The van der Waals surface area contributed by atoms with Gasteiger partial charge in [-0.3, -0.25) is 9.59 Å². The summed E-state index contributed by atoms with van der Waals surface area (Å²) in [4.78, 5) is 24.1. The van der Waals surface area contributed by atoms with Crippen LogP contribution in [-0.2, 0) is 14.3 Å². The van der Waals surface area contributed by atoms with Crippen molar-refractivity contribution in [2.24, 2.45) is 0 Å². The molecule has 0 heterocycles. The van der Waals surface area contributed by atoms with Crippen molar-refractivity contribution in [3.8, 4) is 6.07 Å². The molecule has 1 aromatic rings. The maximum absolute atomic E-state index is 11.5. The topological polar surface area (TPSA) is 82.4 Å². The molecule has 6 heteroatoms. The standard InChI is InChI=1S/C13H15N3O3/c1-16(2)13(18)9-19-8-12(17)15-11-5-3-10(7-14)4-6-11/h3-6H,8-9H2,1-2H3,(H,15,17). The van der Waals surface area contributed by atoms with E-state index in [-0.39, 0.29) is 25.0 Å². The molecule has 0 radical (unpaired) electrons. The van der Waals surface area contributed by atoms with Crippen LogP contribution >= 0.6 is 0 Å². The van der Waals surface area contributed by atoms with Gasteiger partial charge < -0.3 is 15.0 Å². The number of anilines is 1. The third-order valence-corrected chi connectivity index (χ3v) is 2.26. The van der Waals surface area contributed by atoms with Crippen LogP contribution in [0.2, 0.25) is 0 Å². The van der Waals surface area contributed by atoms with Crippen molar-refractivity contribution in [2.45, 2.75) is 0 Å². The van der Waals surface area contributed by atoms with Gasteiger partial charge in [0, 0.05) is 19.8 Å². The van der Waals surface area contributed by atoms with Crippen molar-refractivity contribution in [2.75, 3.05) is 32.6 Å². The maximum Gasteiger partial charge on any atom is 0.250 e. The third-order valence-electron chi connectivity index (χ3n) is 2.26. The first-order valence-electron chi connectivity index (χ1n) is 5.61. The number of amides is 2. The van der Waals surface area contributed by atoms with Crippen LogP contribution in [0.3, 0.4) is 0 Å². The number of carbonyl (C=O) groups excluding carboxylic acids is 2. The Morgan fingerprint density at radius 1 is 1.26 bits per heavy atom. The number of rotatable bonds is 5. The van der Waals surface area contributed by atoms with Gasteiger partial charge in [0.2, 0.25) is 11.8 Å². The number of hydrogen-bond acceptors (Lipinski definition) is 4. The molecule has 19 heavy (non-hydrogen) atoms. The van der Waals surface area contributed by atoms with Gasteiger partial charge in [-0.25, -0.2) is 0 Å². The van der Waals surface area contributed by atoms with Crippen molar-refractivity contribution in [1.82, 2.24) is 4.90 Å². The van der Waals surface area contributed by atoms with Gasteiger partial charge in [-0.05, 0) is 24.3 Å². The molecule has 1 rings (SSSR count). The molecule has 6 nitrogen and oxygen atoms in total. The number of nitrogens with one attached hydrogen (secondary N) is 1. The molecule has 0 aromatic heterocycles. The molecule has 0 aliphatic heterocycles. The van der Waals surface area contributed by atoms with E-state index < -0.39 is 0 Å². The smallest absolute Gasteiger partial charge is 0.250 e. The van der Waals surface area contributed by atoms with E-state index in [1.807, 2.05) is 6.07 Å². The van der Waals surface area contributed by atoms with E-state index in [0.29, 0.717) is 11.3 Å². The van der Waals surface area contributed by atoms with Crippen LogP contribution in [0.15, 0.2) is 24.3 Å². The largest absolute Gasteiger partial charge is 0.362 e. The Morgan fingerprint density at radius 3 is 2.42 bits per heavy atom. The lowest BCUT2D eigenvalue weighted by molar-refractivity contribution is -0.135. The van der Waals surface area contributed by atoms with E-state index in [9.17, 15) is 9.59 Å². The van der Waals surface area contributed by atoms with Gasteiger partial charge in [0.25, 0.3) is 0 Å². The number of likely N-dealkylation sites (N-methyl/N-ethyl adjacent to an activating group) is 1. The first-order valence-corrected chi connectivity index (χ1v) is 5.61. The molecule has 0 unspecified atom stereocenters. The maximum atomic E-state index is 11.5.